The third kappa shape index (κ3) is 3.98. The maximum absolute atomic E-state index is 11.5. The second-order valence-corrected chi connectivity index (χ2v) is 8.01. The SMILES string of the molecule is CC(=O)N1CC[C@H](Cc2nccnc2-c2cnc(CC(C)C)s2)C1. The van der Waals surface area contributed by atoms with Gasteiger partial charge in [0, 0.05) is 45.0 Å². The predicted molar refractivity (Wildman–Crippen MR) is 95.7 cm³/mol. The van der Waals surface area contributed by atoms with E-state index in [1.807, 2.05) is 11.1 Å². The molecule has 5 nitrogen and oxygen atoms in total. The molecule has 3 rings (SSSR count). The molecule has 6 heteroatoms. The Morgan fingerprint density at radius 1 is 1.33 bits per heavy atom. The van der Waals surface area contributed by atoms with E-state index in [0.717, 1.165) is 53.6 Å². The monoisotopic (exact) mass is 344 g/mol. The summed E-state index contributed by atoms with van der Waals surface area (Å²) in [6.45, 7) is 7.73. The van der Waals surface area contributed by atoms with Crippen LogP contribution in [0.15, 0.2) is 18.6 Å². The van der Waals surface area contributed by atoms with Crippen molar-refractivity contribution in [2.24, 2.45) is 11.8 Å². The van der Waals surface area contributed by atoms with Crippen LogP contribution in [0.25, 0.3) is 10.6 Å². The van der Waals surface area contributed by atoms with E-state index in [9.17, 15) is 4.79 Å². The van der Waals surface area contributed by atoms with Crippen LogP contribution in [-0.4, -0.2) is 38.8 Å². The molecule has 24 heavy (non-hydrogen) atoms. The van der Waals surface area contributed by atoms with Crippen molar-refractivity contribution >= 4 is 17.2 Å². The van der Waals surface area contributed by atoms with Gasteiger partial charge >= 0.3 is 0 Å². The first kappa shape index (κ1) is 17.0. The highest BCUT2D eigenvalue weighted by molar-refractivity contribution is 7.15. The molecule has 1 aliphatic heterocycles. The molecule has 1 saturated heterocycles. The van der Waals surface area contributed by atoms with Gasteiger partial charge in [0.2, 0.25) is 5.91 Å². The van der Waals surface area contributed by atoms with Crippen molar-refractivity contribution in [2.45, 2.75) is 40.0 Å². The fourth-order valence-electron chi connectivity index (χ4n) is 3.14. The molecule has 3 heterocycles. The van der Waals surface area contributed by atoms with Crippen molar-refractivity contribution in [3.05, 3.63) is 29.3 Å². The number of aromatic nitrogens is 3. The van der Waals surface area contributed by atoms with E-state index < -0.39 is 0 Å². The summed E-state index contributed by atoms with van der Waals surface area (Å²) >= 11 is 1.71. The second kappa shape index (κ2) is 7.38. The maximum atomic E-state index is 11.5. The Kier molecular flexibility index (Phi) is 5.23. The van der Waals surface area contributed by atoms with Crippen molar-refractivity contribution in [1.82, 2.24) is 19.9 Å². The molecule has 2 aromatic heterocycles. The van der Waals surface area contributed by atoms with Crippen molar-refractivity contribution in [3.8, 4) is 10.6 Å². The summed E-state index contributed by atoms with van der Waals surface area (Å²) in [4.78, 5) is 28.2. The van der Waals surface area contributed by atoms with Crippen molar-refractivity contribution in [1.29, 1.82) is 0 Å². The zero-order valence-electron chi connectivity index (χ0n) is 14.5. The normalized spacial score (nSPS) is 17.7. The molecule has 0 saturated carbocycles. The van der Waals surface area contributed by atoms with Crippen LogP contribution >= 0.6 is 11.3 Å². The Bertz CT molecular complexity index is 713. The van der Waals surface area contributed by atoms with E-state index in [0.29, 0.717) is 11.8 Å². The van der Waals surface area contributed by atoms with E-state index in [1.165, 1.54) is 0 Å². The van der Waals surface area contributed by atoms with E-state index in [1.54, 1.807) is 30.7 Å². The number of carbonyl (C=O) groups is 1. The Balaban J connectivity index is 1.76. The lowest BCUT2D eigenvalue weighted by Crippen LogP contribution is -2.26. The number of hydrogen-bond acceptors (Lipinski definition) is 5. The Labute approximate surface area is 147 Å². The minimum absolute atomic E-state index is 0.164. The third-order valence-corrected chi connectivity index (χ3v) is 5.38. The number of likely N-dealkylation sites (tertiary alicyclic amines) is 1. The van der Waals surface area contributed by atoms with Gasteiger partial charge in [0.15, 0.2) is 0 Å². The summed E-state index contributed by atoms with van der Waals surface area (Å²) < 4.78 is 0. The van der Waals surface area contributed by atoms with Gasteiger partial charge in [-0.1, -0.05) is 13.8 Å². The van der Waals surface area contributed by atoms with Crippen LogP contribution < -0.4 is 0 Å². The quantitative estimate of drug-likeness (QED) is 0.836. The van der Waals surface area contributed by atoms with Crippen molar-refractivity contribution in [3.63, 3.8) is 0 Å². The molecule has 0 aliphatic carbocycles. The molecule has 2 aromatic rings. The van der Waals surface area contributed by atoms with Gasteiger partial charge in [-0.05, 0) is 24.7 Å². The summed E-state index contributed by atoms with van der Waals surface area (Å²) in [5, 5.41) is 1.15. The van der Waals surface area contributed by atoms with Crippen LogP contribution in [0.3, 0.4) is 0 Å². The number of thiazole rings is 1. The molecule has 128 valence electrons. The van der Waals surface area contributed by atoms with Crippen LogP contribution in [0.4, 0.5) is 0 Å². The van der Waals surface area contributed by atoms with Crippen LogP contribution in [0.1, 0.15) is 37.9 Å². The van der Waals surface area contributed by atoms with Crippen molar-refractivity contribution < 1.29 is 4.79 Å². The second-order valence-electron chi connectivity index (χ2n) is 6.89. The summed E-state index contributed by atoms with van der Waals surface area (Å²) in [5.74, 6) is 1.23. The molecular weight excluding hydrogens is 320 g/mol. The fraction of sp³-hybridized carbons (Fsp3) is 0.556. The number of carbonyl (C=O) groups excluding carboxylic acids is 1. The molecular formula is C18H24N4OS. The van der Waals surface area contributed by atoms with Gasteiger partial charge in [0.25, 0.3) is 0 Å². The smallest absolute Gasteiger partial charge is 0.219 e. The topological polar surface area (TPSA) is 59.0 Å². The summed E-state index contributed by atoms with van der Waals surface area (Å²) in [7, 11) is 0. The molecule has 1 amide bonds. The van der Waals surface area contributed by atoms with Crippen LogP contribution in [0.5, 0.6) is 0 Å². The lowest BCUT2D eigenvalue weighted by Gasteiger charge is -2.14. The largest absolute Gasteiger partial charge is 0.343 e. The summed E-state index contributed by atoms with van der Waals surface area (Å²) in [6, 6.07) is 0. The van der Waals surface area contributed by atoms with Crippen molar-refractivity contribution in [2.75, 3.05) is 13.1 Å². The fourth-order valence-corrected chi connectivity index (χ4v) is 4.29. The first-order valence-corrected chi connectivity index (χ1v) is 9.35. The van der Waals surface area contributed by atoms with Gasteiger partial charge in [-0.25, -0.2) is 4.98 Å². The van der Waals surface area contributed by atoms with E-state index in [4.69, 9.17) is 0 Å². The molecule has 0 unspecified atom stereocenters. The minimum Gasteiger partial charge on any atom is -0.343 e. The Morgan fingerprint density at radius 2 is 2.12 bits per heavy atom. The Hall–Kier alpha value is -1.82. The highest BCUT2D eigenvalue weighted by atomic mass is 32.1. The highest BCUT2D eigenvalue weighted by Crippen LogP contribution is 2.30. The average molecular weight is 344 g/mol. The van der Waals surface area contributed by atoms with Crippen LogP contribution in [0, 0.1) is 11.8 Å². The molecule has 1 aliphatic rings. The first-order chi connectivity index (χ1) is 11.5. The Morgan fingerprint density at radius 3 is 2.83 bits per heavy atom. The van der Waals surface area contributed by atoms with Gasteiger partial charge in [-0.2, -0.15) is 0 Å². The number of hydrogen-bond donors (Lipinski definition) is 0. The zero-order valence-corrected chi connectivity index (χ0v) is 15.3. The number of nitrogens with zero attached hydrogens (tertiary/aromatic N) is 4. The zero-order chi connectivity index (χ0) is 17.1. The van der Waals surface area contributed by atoms with E-state index in [-0.39, 0.29) is 5.91 Å². The standard InChI is InChI=1S/C18H24N4OS/c1-12(2)8-17-21-10-16(24-17)18-15(19-5-6-20-18)9-14-4-7-22(11-14)13(3)23/h5-6,10,12,14H,4,7-9,11H2,1-3H3/t14-/m1/s1. The van der Waals surface area contributed by atoms with Gasteiger partial charge in [0.1, 0.15) is 5.69 Å². The summed E-state index contributed by atoms with van der Waals surface area (Å²) in [6.07, 6.45) is 8.33. The lowest BCUT2D eigenvalue weighted by atomic mass is 10.0. The van der Waals surface area contributed by atoms with Crippen LogP contribution in [-0.2, 0) is 17.6 Å². The van der Waals surface area contributed by atoms with Crippen LogP contribution in [0.2, 0.25) is 0 Å². The van der Waals surface area contributed by atoms with Gasteiger partial charge in [-0.15, -0.1) is 11.3 Å². The highest BCUT2D eigenvalue weighted by Gasteiger charge is 2.26. The average Bonchev–Trinajstić information content (AvgIpc) is 3.17. The maximum Gasteiger partial charge on any atom is 0.219 e. The molecule has 0 spiro atoms. The number of rotatable bonds is 5. The lowest BCUT2D eigenvalue weighted by molar-refractivity contribution is -0.127. The predicted octanol–water partition coefficient (Wildman–Crippen LogP) is 3.21. The van der Waals surface area contributed by atoms with Gasteiger partial charge in [-0.3, -0.25) is 14.8 Å². The third-order valence-electron chi connectivity index (χ3n) is 4.36. The molecule has 0 bridgehead atoms. The molecule has 1 atom stereocenters. The number of amides is 1. The van der Waals surface area contributed by atoms with Gasteiger partial charge < -0.3 is 4.90 Å². The molecule has 0 aromatic carbocycles. The minimum atomic E-state index is 0.164. The molecule has 0 radical (unpaired) electrons. The molecule has 1 fully saturated rings. The molecule has 0 N–H and O–H groups in total. The first-order valence-electron chi connectivity index (χ1n) is 8.53. The summed E-state index contributed by atoms with van der Waals surface area (Å²) in [5.41, 5.74) is 1.97. The van der Waals surface area contributed by atoms with Gasteiger partial charge in [0.05, 0.1) is 15.6 Å². The van der Waals surface area contributed by atoms with E-state index >= 15 is 0 Å². The van der Waals surface area contributed by atoms with E-state index in [2.05, 4.69) is 28.8 Å².